The van der Waals surface area contributed by atoms with E-state index >= 15 is 0 Å². The first-order valence-electron chi connectivity index (χ1n) is 5.78. The van der Waals surface area contributed by atoms with Gasteiger partial charge in [-0.3, -0.25) is 0 Å². The number of ether oxygens (including phenoxy) is 1. The Morgan fingerprint density at radius 3 is 3.00 bits per heavy atom. The molecule has 1 saturated heterocycles. The molecule has 0 bridgehead atoms. The predicted octanol–water partition coefficient (Wildman–Crippen LogP) is 1.08. The van der Waals surface area contributed by atoms with Gasteiger partial charge in [-0.15, -0.1) is 0 Å². The third kappa shape index (κ3) is 4.40. The Hall–Kier alpha value is -0.120. The van der Waals surface area contributed by atoms with Crippen molar-refractivity contribution >= 4 is 0 Å². The Balaban J connectivity index is 2.05. The molecule has 3 nitrogen and oxygen atoms in total. The van der Waals surface area contributed by atoms with Crippen LogP contribution in [0.3, 0.4) is 0 Å². The fourth-order valence-corrected chi connectivity index (χ4v) is 2.13. The second kappa shape index (κ2) is 7.21. The minimum Gasteiger partial charge on any atom is -0.385 e. The minimum absolute atomic E-state index is 0.742. The van der Waals surface area contributed by atoms with Gasteiger partial charge in [0.05, 0.1) is 0 Å². The van der Waals surface area contributed by atoms with Crippen LogP contribution in [0.25, 0.3) is 0 Å². The summed E-state index contributed by atoms with van der Waals surface area (Å²) in [6, 6.07) is 0. The van der Waals surface area contributed by atoms with Crippen LogP contribution in [0.4, 0.5) is 0 Å². The van der Waals surface area contributed by atoms with E-state index in [2.05, 4.69) is 4.90 Å². The van der Waals surface area contributed by atoms with Crippen LogP contribution in [0.1, 0.15) is 25.7 Å². The Kier molecular flexibility index (Phi) is 6.15. The van der Waals surface area contributed by atoms with Crippen molar-refractivity contribution in [2.24, 2.45) is 11.7 Å². The van der Waals surface area contributed by atoms with Crippen LogP contribution in [0.15, 0.2) is 0 Å². The summed E-state index contributed by atoms with van der Waals surface area (Å²) in [5.41, 5.74) is 5.70. The molecule has 1 fully saturated rings. The molecule has 0 amide bonds. The van der Waals surface area contributed by atoms with Crippen molar-refractivity contribution in [2.75, 3.05) is 39.9 Å². The van der Waals surface area contributed by atoms with Crippen molar-refractivity contribution < 1.29 is 4.74 Å². The minimum atomic E-state index is 0.742. The summed E-state index contributed by atoms with van der Waals surface area (Å²) in [4.78, 5) is 2.55. The van der Waals surface area contributed by atoms with Gasteiger partial charge in [-0.25, -0.2) is 0 Å². The Bertz CT molecular complexity index is 141. The average molecular weight is 200 g/mol. The number of piperidine rings is 1. The van der Waals surface area contributed by atoms with Crippen LogP contribution in [-0.2, 0) is 4.74 Å². The summed E-state index contributed by atoms with van der Waals surface area (Å²) in [5.74, 6) is 0.742. The van der Waals surface area contributed by atoms with Gasteiger partial charge in [0.2, 0.25) is 0 Å². The highest BCUT2D eigenvalue weighted by molar-refractivity contribution is 4.73. The molecule has 0 aromatic carbocycles. The van der Waals surface area contributed by atoms with Gasteiger partial charge in [0.15, 0.2) is 0 Å². The highest BCUT2D eigenvalue weighted by atomic mass is 16.5. The maximum absolute atomic E-state index is 5.70. The van der Waals surface area contributed by atoms with E-state index in [-0.39, 0.29) is 0 Å². The zero-order valence-electron chi connectivity index (χ0n) is 9.37. The quantitative estimate of drug-likeness (QED) is 0.652. The number of hydrogen-bond acceptors (Lipinski definition) is 3. The third-order valence-electron chi connectivity index (χ3n) is 3.01. The summed E-state index contributed by atoms with van der Waals surface area (Å²) in [5, 5.41) is 0. The fourth-order valence-electron chi connectivity index (χ4n) is 2.13. The number of nitrogens with two attached hydrogens (primary N) is 1. The second-order valence-corrected chi connectivity index (χ2v) is 4.24. The molecule has 2 N–H and O–H groups in total. The molecule has 1 atom stereocenters. The molecule has 3 heteroatoms. The number of unbranched alkanes of at least 4 members (excludes halogenated alkanes) is 1. The van der Waals surface area contributed by atoms with E-state index in [0.29, 0.717) is 0 Å². The van der Waals surface area contributed by atoms with Crippen molar-refractivity contribution in [3.63, 3.8) is 0 Å². The summed E-state index contributed by atoms with van der Waals surface area (Å²) in [6.45, 7) is 5.45. The van der Waals surface area contributed by atoms with Crippen molar-refractivity contribution in [1.82, 2.24) is 4.90 Å². The van der Waals surface area contributed by atoms with Gasteiger partial charge < -0.3 is 15.4 Å². The maximum atomic E-state index is 5.70. The molecule has 0 spiro atoms. The van der Waals surface area contributed by atoms with Crippen LogP contribution in [0.2, 0.25) is 0 Å². The lowest BCUT2D eigenvalue weighted by Gasteiger charge is -2.31. The van der Waals surface area contributed by atoms with Crippen molar-refractivity contribution in [3.8, 4) is 0 Å². The summed E-state index contributed by atoms with van der Waals surface area (Å²) < 4.78 is 5.04. The van der Waals surface area contributed by atoms with E-state index in [9.17, 15) is 0 Å². The smallest absolute Gasteiger partial charge is 0.0462 e. The van der Waals surface area contributed by atoms with Gasteiger partial charge in [0.1, 0.15) is 0 Å². The van der Waals surface area contributed by atoms with E-state index in [4.69, 9.17) is 10.5 Å². The average Bonchev–Trinajstić information content (AvgIpc) is 2.25. The molecule has 1 aliphatic heterocycles. The van der Waals surface area contributed by atoms with Gasteiger partial charge in [0.25, 0.3) is 0 Å². The lowest BCUT2D eigenvalue weighted by atomic mass is 9.98. The van der Waals surface area contributed by atoms with Gasteiger partial charge in [-0.2, -0.15) is 0 Å². The van der Waals surface area contributed by atoms with E-state index in [1.165, 1.54) is 45.3 Å². The van der Waals surface area contributed by atoms with Crippen LogP contribution in [-0.4, -0.2) is 44.8 Å². The molecule has 1 aliphatic rings. The molecule has 0 saturated carbocycles. The molecule has 1 heterocycles. The standard InChI is InChI=1S/C11H24N2O/c1-14-8-3-2-6-13-7-4-5-11(9-12)10-13/h11H,2-10,12H2,1H3. The molecule has 0 aromatic heterocycles. The SMILES string of the molecule is COCCCCN1CCCC(CN)C1. The fraction of sp³-hybridized carbons (Fsp3) is 1.00. The zero-order valence-corrected chi connectivity index (χ0v) is 9.37. The van der Waals surface area contributed by atoms with E-state index in [1.807, 2.05) is 0 Å². The first-order valence-corrected chi connectivity index (χ1v) is 5.78. The Morgan fingerprint density at radius 2 is 2.29 bits per heavy atom. The maximum Gasteiger partial charge on any atom is 0.0462 e. The third-order valence-corrected chi connectivity index (χ3v) is 3.01. The molecule has 1 unspecified atom stereocenters. The van der Waals surface area contributed by atoms with Gasteiger partial charge in [0, 0.05) is 20.3 Å². The van der Waals surface area contributed by atoms with Crippen molar-refractivity contribution in [2.45, 2.75) is 25.7 Å². The van der Waals surface area contributed by atoms with E-state index in [1.54, 1.807) is 7.11 Å². The number of methoxy groups -OCH3 is 1. The first-order chi connectivity index (χ1) is 6.86. The first kappa shape index (κ1) is 12.0. The summed E-state index contributed by atoms with van der Waals surface area (Å²) in [6.07, 6.45) is 5.09. The molecule has 0 radical (unpaired) electrons. The monoisotopic (exact) mass is 200 g/mol. The lowest BCUT2D eigenvalue weighted by molar-refractivity contribution is 0.158. The normalized spacial score (nSPS) is 24.0. The Morgan fingerprint density at radius 1 is 1.43 bits per heavy atom. The topological polar surface area (TPSA) is 38.5 Å². The molecule has 0 aliphatic carbocycles. The molecule has 0 aromatic rings. The van der Waals surface area contributed by atoms with Crippen molar-refractivity contribution in [3.05, 3.63) is 0 Å². The van der Waals surface area contributed by atoms with Crippen LogP contribution in [0.5, 0.6) is 0 Å². The second-order valence-electron chi connectivity index (χ2n) is 4.24. The Labute approximate surface area is 87.6 Å². The lowest BCUT2D eigenvalue weighted by Crippen LogP contribution is -2.38. The summed E-state index contributed by atoms with van der Waals surface area (Å²) in [7, 11) is 1.77. The molecular weight excluding hydrogens is 176 g/mol. The molecular formula is C11H24N2O. The largest absolute Gasteiger partial charge is 0.385 e. The van der Waals surface area contributed by atoms with E-state index in [0.717, 1.165) is 19.1 Å². The predicted molar refractivity (Wildman–Crippen MR) is 59.3 cm³/mol. The molecule has 1 rings (SSSR count). The highest BCUT2D eigenvalue weighted by Crippen LogP contribution is 2.15. The van der Waals surface area contributed by atoms with Crippen molar-refractivity contribution in [1.29, 1.82) is 0 Å². The zero-order chi connectivity index (χ0) is 10.2. The van der Waals surface area contributed by atoms with Crippen LogP contribution < -0.4 is 5.73 Å². The van der Waals surface area contributed by atoms with E-state index < -0.39 is 0 Å². The van der Waals surface area contributed by atoms with Crippen LogP contribution in [0, 0.1) is 5.92 Å². The molecule has 14 heavy (non-hydrogen) atoms. The van der Waals surface area contributed by atoms with Gasteiger partial charge in [-0.1, -0.05) is 0 Å². The van der Waals surface area contributed by atoms with Crippen LogP contribution >= 0.6 is 0 Å². The molecule has 84 valence electrons. The number of hydrogen-bond donors (Lipinski definition) is 1. The van der Waals surface area contributed by atoms with Gasteiger partial charge >= 0.3 is 0 Å². The summed E-state index contributed by atoms with van der Waals surface area (Å²) >= 11 is 0. The number of nitrogens with zero attached hydrogens (tertiary/aromatic N) is 1. The number of rotatable bonds is 6. The van der Waals surface area contributed by atoms with Gasteiger partial charge in [-0.05, 0) is 51.2 Å². The number of likely N-dealkylation sites (tertiary alicyclic amines) is 1. The highest BCUT2D eigenvalue weighted by Gasteiger charge is 2.17.